The van der Waals surface area contributed by atoms with Crippen LogP contribution < -0.4 is 9.46 Å². The third-order valence-corrected chi connectivity index (χ3v) is 3.80. The van der Waals surface area contributed by atoms with Crippen molar-refractivity contribution in [2.75, 3.05) is 6.61 Å². The summed E-state index contributed by atoms with van der Waals surface area (Å²) in [7, 11) is -3.98. The van der Waals surface area contributed by atoms with Gasteiger partial charge in [-0.05, 0) is 25.1 Å². The maximum atomic E-state index is 11.9. The summed E-state index contributed by atoms with van der Waals surface area (Å²) in [6.07, 6.45) is -1.79. The van der Waals surface area contributed by atoms with Crippen LogP contribution >= 0.6 is 0 Å². The molecule has 1 aliphatic rings. The number of amides is 1. The Hall–Kier alpha value is -1.80. The molecule has 2 N–H and O–H groups in total. The maximum absolute atomic E-state index is 11.9. The summed E-state index contributed by atoms with van der Waals surface area (Å²) in [4.78, 5) is 11.1. The lowest BCUT2D eigenvalue weighted by Gasteiger charge is -2.07. The Morgan fingerprint density at radius 2 is 2.32 bits per heavy atom. The Labute approximate surface area is 110 Å². The fourth-order valence-electron chi connectivity index (χ4n) is 1.70. The fourth-order valence-corrected chi connectivity index (χ4v) is 2.64. The summed E-state index contributed by atoms with van der Waals surface area (Å²) in [5.41, 5.74) is 0.569. The number of fused-ring (bicyclic) bond motifs is 1. The van der Waals surface area contributed by atoms with Crippen LogP contribution in [0.3, 0.4) is 0 Å². The van der Waals surface area contributed by atoms with Gasteiger partial charge in [0.1, 0.15) is 5.75 Å². The second-order valence-electron chi connectivity index (χ2n) is 3.87. The number of hydrogen-bond acceptors (Lipinski definition) is 6. The van der Waals surface area contributed by atoms with Gasteiger partial charge < -0.3 is 14.6 Å². The number of carbonyl (C=O) groups excluding carboxylic acids is 1. The van der Waals surface area contributed by atoms with E-state index >= 15 is 0 Å². The molecule has 8 heteroatoms. The average Bonchev–Trinajstić information content (AvgIpc) is 2.67. The third kappa shape index (κ3) is 2.96. The molecule has 19 heavy (non-hydrogen) atoms. The molecule has 0 aromatic heterocycles. The summed E-state index contributed by atoms with van der Waals surface area (Å²) in [5, 5.41) is 9.30. The van der Waals surface area contributed by atoms with Crippen molar-refractivity contribution in [3.8, 4) is 5.75 Å². The molecule has 7 nitrogen and oxygen atoms in total. The van der Waals surface area contributed by atoms with Crippen molar-refractivity contribution in [1.29, 1.82) is 0 Å². The van der Waals surface area contributed by atoms with Crippen LogP contribution in [-0.2, 0) is 21.2 Å². The average molecular weight is 287 g/mol. The molecule has 0 aliphatic carbocycles. The number of carbonyl (C=O) groups is 1. The Balaban J connectivity index is 2.23. The number of ether oxygens (including phenoxy) is 2. The second-order valence-corrected chi connectivity index (χ2v) is 5.55. The van der Waals surface area contributed by atoms with Crippen LogP contribution in [0.5, 0.6) is 5.75 Å². The summed E-state index contributed by atoms with van der Waals surface area (Å²) >= 11 is 0. The number of aliphatic hydroxyl groups excluding tert-OH is 1. The lowest BCUT2D eigenvalue weighted by atomic mass is 10.2. The minimum absolute atomic E-state index is 0.0750. The van der Waals surface area contributed by atoms with Crippen LogP contribution in [0.4, 0.5) is 4.79 Å². The summed E-state index contributed by atoms with van der Waals surface area (Å²) < 4.78 is 35.1. The molecule has 0 fully saturated rings. The lowest BCUT2D eigenvalue weighted by Crippen LogP contribution is -2.31. The van der Waals surface area contributed by atoms with Crippen LogP contribution in [-0.4, -0.2) is 32.5 Å². The van der Waals surface area contributed by atoms with Crippen LogP contribution in [0.15, 0.2) is 23.1 Å². The Bertz CT molecular complexity index is 597. The fraction of sp³-hybridized carbons (Fsp3) is 0.364. The van der Waals surface area contributed by atoms with E-state index in [1.807, 2.05) is 0 Å². The molecule has 2 rings (SSSR count). The maximum Gasteiger partial charge on any atom is 0.421 e. The van der Waals surface area contributed by atoms with Crippen LogP contribution in [0.1, 0.15) is 12.5 Å². The zero-order chi connectivity index (χ0) is 14.0. The van der Waals surface area contributed by atoms with Crippen molar-refractivity contribution < 1.29 is 27.8 Å². The number of rotatable bonds is 3. The van der Waals surface area contributed by atoms with Crippen LogP contribution in [0.25, 0.3) is 0 Å². The van der Waals surface area contributed by atoms with E-state index in [4.69, 9.17) is 4.74 Å². The molecule has 1 atom stereocenters. The van der Waals surface area contributed by atoms with E-state index in [0.717, 1.165) is 0 Å². The van der Waals surface area contributed by atoms with E-state index in [2.05, 4.69) is 4.74 Å². The topological polar surface area (TPSA) is 102 Å². The monoisotopic (exact) mass is 287 g/mol. The lowest BCUT2D eigenvalue weighted by molar-refractivity contribution is 0.00214. The third-order valence-electron chi connectivity index (χ3n) is 2.49. The smallest absolute Gasteiger partial charge is 0.421 e. The van der Waals surface area contributed by atoms with Gasteiger partial charge in [0.05, 0.1) is 11.5 Å². The van der Waals surface area contributed by atoms with Crippen molar-refractivity contribution >= 4 is 16.1 Å². The van der Waals surface area contributed by atoms with Gasteiger partial charge >= 0.3 is 6.09 Å². The molecule has 0 bridgehead atoms. The molecule has 1 aliphatic heterocycles. The molecule has 1 heterocycles. The molecule has 0 spiro atoms. The second kappa shape index (κ2) is 5.06. The molecular formula is C11H13NO6S. The first-order chi connectivity index (χ1) is 8.92. The Kier molecular flexibility index (Phi) is 3.63. The molecule has 0 saturated heterocycles. The first-order valence-electron chi connectivity index (χ1n) is 5.59. The predicted octanol–water partition coefficient (Wildman–Crippen LogP) is 0.375. The molecule has 1 aromatic rings. The van der Waals surface area contributed by atoms with E-state index < -0.39 is 22.4 Å². The van der Waals surface area contributed by atoms with E-state index in [9.17, 15) is 18.3 Å². The summed E-state index contributed by atoms with van der Waals surface area (Å²) in [6, 6.07) is 4.08. The van der Waals surface area contributed by atoms with Gasteiger partial charge in [0.25, 0.3) is 10.0 Å². The molecule has 104 valence electrons. The highest BCUT2D eigenvalue weighted by Crippen LogP contribution is 2.29. The summed E-state index contributed by atoms with van der Waals surface area (Å²) in [6.45, 7) is 1.64. The van der Waals surface area contributed by atoms with Crippen LogP contribution in [0, 0.1) is 0 Å². The van der Waals surface area contributed by atoms with Gasteiger partial charge in [0, 0.05) is 12.0 Å². The normalized spacial score (nSPS) is 17.5. The van der Waals surface area contributed by atoms with Crippen LogP contribution in [0.2, 0.25) is 0 Å². The molecular weight excluding hydrogens is 274 g/mol. The van der Waals surface area contributed by atoms with Crippen molar-refractivity contribution in [1.82, 2.24) is 4.72 Å². The molecule has 1 aromatic carbocycles. The van der Waals surface area contributed by atoms with E-state index in [0.29, 0.717) is 11.3 Å². The van der Waals surface area contributed by atoms with E-state index in [1.54, 1.807) is 11.6 Å². The Morgan fingerprint density at radius 3 is 3.00 bits per heavy atom. The van der Waals surface area contributed by atoms with Gasteiger partial charge in [0.15, 0.2) is 0 Å². The molecule has 0 saturated carbocycles. The standard InChI is InChI=1S/C11H13NO6S/c1-2-17-11(14)12-19(15,16)8-3-4-9-7(5-8)6-10(13)18-9/h3-5,10,13H,2,6H2,1H3,(H,12,14). The molecule has 1 amide bonds. The first kappa shape index (κ1) is 13.6. The molecule has 0 radical (unpaired) electrons. The van der Waals surface area contributed by atoms with Crippen molar-refractivity contribution in [3.05, 3.63) is 23.8 Å². The quantitative estimate of drug-likeness (QED) is 0.833. The minimum atomic E-state index is -3.98. The van der Waals surface area contributed by atoms with Gasteiger partial charge in [-0.2, -0.15) is 0 Å². The number of nitrogens with one attached hydrogen (secondary N) is 1. The predicted molar refractivity (Wildman–Crippen MR) is 64.1 cm³/mol. The molecule has 1 unspecified atom stereocenters. The highest BCUT2D eigenvalue weighted by atomic mass is 32.2. The largest absolute Gasteiger partial charge is 0.465 e. The highest BCUT2D eigenvalue weighted by Gasteiger charge is 2.25. The number of aliphatic hydroxyl groups is 1. The van der Waals surface area contributed by atoms with Crippen molar-refractivity contribution in [2.24, 2.45) is 0 Å². The minimum Gasteiger partial charge on any atom is -0.465 e. The van der Waals surface area contributed by atoms with Gasteiger partial charge in [-0.25, -0.2) is 17.9 Å². The Morgan fingerprint density at radius 1 is 1.58 bits per heavy atom. The van der Waals surface area contributed by atoms with Gasteiger partial charge in [-0.3, -0.25) is 0 Å². The summed E-state index contributed by atoms with van der Waals surface area (Å²) in [5.74, 6) is 0.433. The van der Waals surface area contributed by atoms with Crippen molar-refractivity contribution in [3.63, 3.8) is 0 Å². The zero-order valence-corrected chi connectivity index (χ0v) is 10.9. The highest BCUT2D eigenvalue weighted by molar-refractivity contribution is 7.90. The number of benzene rings is 1. The van der Waals surface area contributed by atoms with E-state index in [1.165, 1.54) is 18.2 Å². The van der Waals surface area contributed by atoms with Gasteiger partial charge in [-0.1, -0.05) is 0 Å². The SMILES string of the molecule is CCOC(=O)NS(=O)(=O)c1ccc2c(c1)CC(O)O2. The zero-order valence-electron chi connectivity index (χ0n) is 10.1. The van der Waals surface area contributed by atoms with Gasteiger partial charge in [-0.15, -0.1) is 0 Å². The number of hydrogen-bond donors (Lipinski definition) is 2. The van der Waals surface area contributed by atoms with Crippen molar-refractivity contribution in [2.45, 2.75) is 24.5 Å². The van der Waals surface area contributed by atoms with E-state index in [-0.39, 0.29) is 17.9 Å². The first-order valence-corrected chi connectivity index (χ1v) is 7.08. The number of sulfonamides is 1. The van der Waals surface area contributed by atoms with Gasteiger partial charge in [0.2, 0.25) is 6.29 Å².